The van der Waals surface area contributed by atoms with Gasteiger partial charge in [-0.1, -0.05) is 97.1 Å². The molecule has 0 unspecified atom stereocenters. The highest BCUT2D eigenvalue weighted by Gasteiger charge is 2.20. The summed E-state index contributed by atoms with van der Waals surface area (Å²) in [6.07, 6.45) is 0. The monoisotopic (exact) mass is 656 g/mol. The minimum atomic E-state index is 0.890. The van der Waals surface area contributed by atoms with Crippen LogP contribution in [0.5, 0.6) is 0 Å². The number of anilines is 3. The summed E-state index contributed by atoms with van der Waals surface area (Å²) in [7, 11) is 0. The fraction of sp³-hybridized carbons (Fsp3) is 0. The molecule has 3 heterocycles. The van der Waals surface area contributed by atoms with Crippen molar-refractivity contribution in [1.82, 2.24) is 4.57 Å². The van der Waals surface area contributed by atoms with Crippen molar-refractivity contribution in [3.8, 4) is 5.69 Å². The number of aromatic nitrogens is 1. The third-order valence-electron chi connectivity index (χ3n) is 10.2. The molecule has 4 heteroatoms. The fourth-order valence-corrected chi connectivity index (χ4v) is 9.08. The maximum atomic E-state index is 6.26. The summed E-state index contributed by atoms with van der Waals surface area (Å²) in [5, 5.41) is 9.91. The second-order valence-electron chi connectivity index (χ2n) is 12.9. The van der Waals surface area contributed by atoms with Crippen molar-refractivity contribution in [1.29, 1.82) is 0 Å². The van der Waals surface area contributed by atoms with Crippen LogP contribution < -0.4 is 4.90 Å². The lowest BCUT2D eigenvalue weighted by Crippen LogP contribution is -2.10. The molecule has 234 valence electrons. The van der Waals surface area contributed by atoms with Crippen molar-refractivity contribution >= 4 is 103 Å². The van der Waals surface area contributed by atoms with Crippen LogP contribution in [-0.2, 0) is 0 Å². The minimum absolute atomic E-state index is 0.890. The molecule has 3 nitrogen and oxygen atoms in total. The van der Waals surface area contributed by atoms with Crippen LogP contribution in [0.1, 0.15) is 0 Å². The molecular formula is C46H28N2OS. The van der Waals surface area contributed by atoms with Crippen molar-refractivity contribution in [2.45, 2.75) is 0 Å². The fourth-order valence-electron chi connectivity index (χ4n) is 7.93. The lowest BCUT2D eigenvalue weighted by atomic mass is 10.0. The van der Waals surface area contributed by atoms with Gasteiger partial charge >= 0.3 is 0 Å². The number of para-hydroxylation sites is 3. The van der Waals surface area contributed by atoms with Crippen molar-refractivity contribution in [3.05, 3.63) is 170 Å². The zero-order valence-corrected chi connectivity index (χ0v) is 27.7. The maximum Gasteiger partial charge on any atom is 0.135 e. The molecule has 0 atom stereocenters. The van der Waals surface area contributed by atoms with Gasteiger partial charge in [-0.3, -0.25) is 0 Å². The standard InChI is InChI=1S/C46H28N2OS/c1-2-11-30(12-3-1)48-40-16-8-6-14-35(40)36-22-19-32(27-41(36)48)47(31-21-24-43-39(26-31)37-15-7-9-17-42(37)49-43)33-20-23-38-45(28-33)50-44-25-18-29-10-4-5-13-34(29)46(38)44/h1-28H. The topological polar surface area (TPSA) is 21.3 Å². The molecule has 0 saturated heterocycles. The van der Waals surface area contributed by atoms with E-state index in [1.165, 1.54) is 52.8 Å². The summed E-state index contributed by atoms with van der Waals surface area (Å²) in [4.78, 5) is 2.40. The van der Waals surface area contributed by atoms with Gasteiger partial charge in [-0.2, -0.15) is 0 Å². The Morgan fingerprint density at radius 1 is 0.420 bits per heavy atom. The molecule has 0 aliphatic heterocycles. The molecule has 50 heavy (non-hydrogen) atoms. The van der Waals surface area contributed by atoms with E-state index in [2.05, 4.69) is 167 Å². The molecule has 0 aliphatic carbocycles. The van der Waals surface area contributed by atoms with E-state index in [4.69, 9.17) is 4.42 Å². The SMILES string of the molecule is c1ccc(-n2c3ccccc3c3ccc(N(c4ccc5c(c4)sc4ccc6ccccc6c45)c4ccc5oc6ccccc6c5c4)cc32)cc1. The van der Waals surface area contributed by atoms with Crippen LogP contribution in [0.15, 0.2) is 174 Å². The van der Waals surface area contributed by atoms with E-state index in [1.807, 2.05) is 23.5 Å². The molecule has 0 amide bonds. The van der Waals surface area contributed by atoms with Gasteiger partial charge in [0.1, 0.15) is 11.2 Å². The number of hydrogen-bond donors (Lipinski definition) is 0. The number of hydrogen-bond acceptors (Lipinski definition) is 3. The summed E-state index contributed by atoms with van der Waals surface area (Å²) >= 11 is 1.86. The Kier molecular flexibility index (Phi) is 5.83. The highest BCUT2D eigenvalue weighted by atomic mass is 32.1. The zero-order chi connectivity index (χ0) is 32.8. The van der Waals surface area contributed by atoms with E-state index in [0.717, 1.165) is 44.7 Å². The minimum Gasteiger partial charge on any atom is -0.456 e. The number of nitrogens with zero attached hydrogens (tertiary/aromatic N) is 2. The second-order valence-corrected chi connectivity index (χ2v) is 14.0. The Labute approximate surface area is 291 Å². The molecule has 0 spiro atoms. The predicted octanol–water partition coefficient (Wildman–Crippen LogP) is 13.7. The Morgan fingerprint density at radius 2 is 1.08 bits per heavy atom. The molecule has 8 aromatic carbocycles. The highest BCUT2D eigenvalue weighted by molar-refractivity contribution is 7.26. The molecule has 0 saturated carbocycles. The van der Waals surface area contributed by atoms with Crippen molar-refractivity contribution in [2.24, 2.45) is 0 Å². The zero-order valence-electron chi connectivity index (χ0n) is 26.9. The van der Waals surface area contributed by atoms with Gasteiger partial charge < -0.3 is 13.9 Å². The number of furan rings is 1. The van der Waals surface area contributed by atoms with Crippen LogP contribution in [-0.4, -0.2) is 4.57 Å². The van der Waals surface area contributed by atoms with E-state index in [0.29, 0.717) is 0 Å². The van der Waals surface area contributed by atoms with Crippen molar-refractivity contribution in [2.75, 3.05) is 4.90 Å². The van der Waals surface area contributed by atoms with Crippen LogP contribution in [0, 0.1) is 0 Å². The van der Waals surface area contributed by atoms with Gasteiger partial charge in [0.05, 0.1) is 11.0 Å². The van der Waals surface area contributed by atoms with E-state index >= 15 is 0 Å². The van der Waals surface area contributed by atoms with E-state index in [-0.39, 0.29) is 0 Å². The molecule has 11 aromatic rings. The molecule has 0 aliphatic rings. The third-order valence-corrected chi connectivity index (χ3v) is 11.3. The first-order chi connectivity index (χ1) is 24.8. The largest absolute Gasteiger partial charge is 0.456 e. The van der Waals surface area contributed by atoms with Gasteiger partial charge in [-0.25, -0.2) is 0 Å². The van der Waals surface area contributed by atoms with Crippen LogP contribution in [0.2, 0.25) is 0 Å². The van der Waals surface area contributed by atoms with Crippen molar-refractivity contribution in [3.63, 3.8) is 0 Å². The van der Waals surface area contributed by atoms with Gasteiger partial charge in [-0.05, 0) is 83.6 Å². The first-order valence-electron chi connectivity index (χ1n) is 16.9. The lowest BCUT2D eigenvalue weighted by molar-refractivity contribution is 0.669. The van der Waals surface area contributed by atoms with E-state index in [9.17, 15) is 0 Å². The summed E-state index contributed by atoms with van der Waals surface area (Å²) in [6, 6.07) is 61.3. The van der Waals surface area contributed by atoms with Crippen LogP contribution >= 0.6 is 11.3 Å². The smallest absolute Gasteiger partial charge is 0.135 e. The molecule has 0 N–H and O–H groups in total. The predicted molar refractivity (Wildman–Crippen MR) is 213 cm³/mol. The van der Waals surface area contributed by atoms with Gasteiger partial charge in [0.2, 0.25) is 0 Å². The molecule has 3 aromatic heterocycles. The summed E-state index contributed by atoms with van der Waals surface area (Å²) < 4.78 is 11.2. The summed E-state index contributed by atoms with van der Waals surface area (Å²) in [5.41, 5.74) is 8.59. The number of rotatable bonds is 4. The number of benzene rings is 8. The average Bonchev–Trinajstić information content (AvgIpc) is 3.84. The maximum absolute atomic E-state index is 6.26. The van der Waals surface area contributed by atoms with Gasteiger partial charge in [0.25, 0.3) is 0 Å². The van der Waals surface area contributed by atoms with Gasteiger partial charge in [0, 0.05) is 64.5 Å². The average molecular weight is 657 g/mol. The third kappa shape index (κ3) is 4.03. The first-order valence-corrected chi connectivity index (χ1v) is 17.7. The van der Waals surface area contributed by atoms with Crippen molar-refractivity contribution < 1.29 is 4.42 Å². The Bertz CT molecular complexity index is 3110. The second kappa shape index (κ2) is 10.6. The van der Waals surface area contributed by atoms with E-state index in [1.54, 1.807) is 0 Å². The number of thiophene rings is 1. The van der Waals surface area contributed by atoms with Crippen LogP contribution in [0.3, 0.4) is 0 Å². The van der Waals surface area contributed by atoms with Crippen LogP contribution in [0.25, 0.3) is 80.4 Å². The molecule has 0 fully saturated rings. The van der Waals surface area contributed by atoms with E-state index < -0.39 is 0 Å². The Morgan fingerprint density at radius 3 is 1.98 bits per heavy atom. The molecule has 0 radical (unpaired) electrons. The molecular weight excluding hydrogens is 629 g/mol. The summed E-state index contributed by atoms with van der Waals surface area (Å²) in [6.45, 7) is 0. The molecule has 11 rings (SSSR count). The van der Waals surface area contributed by atoms with Gasteiger partial charge in [0.15, 0.2) is 0 Å². The Balaban J connectivity index is 1.18. The summed E-state index contributed by atoms with van der Waals surface area (Å²) in [5.74, 6) is 0. The quantitative estimate of drug-likeness (QED) is 0.188. The lowest BCUT2D eigenvalue weighted by Gasteiger charge is -2.26. The number of fused-ring (bicyclic) bond motifs is 11. The van der Waals surface area contributed by atoms with Crippen LogP contribution in [0.4, 0.5) is 17.1 Å². The first kappa shape index (κ1) is 27.6. The molecule has 0 bridgehead atoms. The van der Waals surface area contributed by atoms with Gasteiger partial charge in [-0.15, -0.1) is 11.3 Å². The normalized spacial score (nSPS) is 12.0. The highest BCUT2D eigenvalue weighted by Crippen LogP contribution is 2.45. The Hall–Kier alpha value is -6.36.